The highest BCUT2D eigenvalue weighted by Gasteiger charge is 2.12. The Bertz CT molecular complexity index is 113. The fraction of sp³-hybridized carbons (Fsp3) is 1.00. The molecule has 0 unspecified atom stereocenters. The summed E-state index contributed by atoms with van der Waals surface area (Å²) in [5.74, 6) is 1.48. The molecule has 1 aliphatic heterocycles. The zero-order chi connectivity index (χ0) is 8.81. The molecule has 0 aromatic heterocycles. The van der Waals surface area contributed by atoms with Gasteiger partial charge in [0.25, 0.3) is 0 Å². The van der Waals surface area contributed by atoms with Gasteiger partial charge in [-0.2, -0.15) is 0 Å². The smallest absolute Gasteiger partial charge is 0.0495 e. The topological polar surface area (TPSA) is 21.3 Å². The number of halogens is 1. The predicted molar refractivity (Wildman–Crippen MR) is 58.5 cm³/mol. The highest BCUT2D eigenvalue weighted by atomic mass is 35.5. The van der Waals surface area contributed by atoms with E-state index in [1.165, 1.54) is 25.9 Å². The van der Waals surface area contributed by atoms with Gasteiger partial charge in [0, 0.05) is 13.2 Å². The van der Waals surface area contributed by atoms with Gasteiger partial charge in [-0.25, -0.2) is 0 Å². The van der Waals surface area contributed by atoms with E-state index in [0.29, 0.717) is 5.92 Å². The van der Waals surface area contributed by atoms with Crippen molar-refractivity contribution >= 4 is 12.4 Å². The van der Waals surface area contributed by atoms with Crippen molar-refractivity contribution in [2.24, 2.45) is 11.8 Å². The van der Waals surface area contributed by atoms with Crippen LogP contribution in [0.4, 0.5) is 0 Å². The first-order valence-electron chi connectivity index (χ1n) is 5.07. The van der Waals surface area contributed by atoms with Crippen molar-refractivity contribution < 1.29 is 4.74 Å². The summed E-state index contributed by atoms with van der Waals surface area (Å²) in [6.45, 7) is 8.64. The van der Waals surface area contributed by atoms with Crippen molar-refractivity contribution in [2.75, 3.05) is 26.3 Å². The predicted octanol–water partition coefficient (Wildman–Crippen LogP) is 2.08. The molecule has 0 radical (unpaired) electrons. The number of ether oxygens (including phenoxy) is 1. The number of hydrogen-bond acceptors (Lipinski definition) is 2. The van der Waals surface area contributed by atoms with E-state index in [1.54, 1.807) is 0 Å². The van der Waals surface area contributed by atoms with Crippen LogP contribution in [0, 0.1) is 11.8 Å². The summed E-state index contributed by atoms with van der Waals surface area (Å²) in [6.07, 6.45) is 2.58. The molecule has 0 bridgehead atoms. The molecule has 0 aromatic carbocycles. The molecule has 0 aliphatic carbocycles. The zero-order valence-corrected chi connectivity index (χ0v) is 9.53. The van der Waals surface area contributed by atoms with Crippen LogP contribution in [-0.4, -0.2) is 26.3 Å². The third-order valence-corrected chi connectivity index (χ3v) is 2.26. The second kappa shape index (κ2) is 7.60. The first kappa shape index (κ1) is 13.2. The quantitative estimate of drug-likeness (QED) is 0.763. The van der Waals surface area contributed by atoms with E-state index in [0.717, 1.165) is 19.1 Å². The Morgan fingerprint density at radius 3 is 2.46 bits per heavy atom. The summed E-state index contributed by atoms with van der Waals surface area (Å²) < 4.78 is 5.61. The van der Waals surface area contributed by atoms with Crippen LogP contribution in [-0.2, 0) is 4.74 Å². The molecule has 13 heavy (non-hydrogen) atoms. The summed E-state index contributed by atoms with van der Waals surface area (Å²) in [6, 6.07) is 0. The Morgan fingerprint density at radius 1 is 1.31 bits per heavy atom. The number of piperidine rings is 1. The Morgan fingerprint density at radius 2 is 1.92 bits per heavy atom. The van der Waals surface area contributed by atoms with E-state index >= 15 is 0 Å². The van der Waals surface area contributed by atoms with Crippen LogP contribution < -0.4 is 5.32 Å². The van der Waals surface area contributed by atoms with E-state index in [4.69, 9.17) is 4.74 Å². The number of nitrogens with one attached hydrogen (secondary N) is 1. The molecule has 1 rings (SSSR count). The molecule has 2 nitrogen and oxygen atoms in total. The van der Waals surface area contributed by atoms with Crippen LogP contribution in [0.15, 0.2) is 0 Å². The second-order valence-corrected chi connectivity index (χ2v) is 4.12. The largest absolute Gasteiger partial charge is 0.381 e. The van der Waals surface area contributed by atoms with Gasteiger partial charge in [0.05, 0.1) is 0 Å². The maximum atomic E-state index is 5.61. The van der Waals surface area contributed by atoms with Gasteiger partial charge >= 0.3 is 0 Å². The van der Waals surface area contributed by atoms with Gasteiger partial charge in [-0.05, 0) is 37.8 Å². The van der Waals surface area contributed by atoms with Crippen molar-refractivity contribution in [2.45, 2.75) is 26.7 Å². The number of rotatable bonds is 4. The molecule has 80 valence electrons. The van der Waals surface area contributed by atoms with E-state index in [1.807, 2.05) is 0 Å². The maximum absolute atomic E-state index is 5.61. The Kier molecular flexibility index (Phi) is 7.72. The average molecular weight is 208 g/mol. The molecule has 1 heterocycles. The molecular weight excluding hydrogens is 186 g/mol. The molecule has 0 amide bonds. The van der Waals surface area contributed by atoms with Gasteiger partial charge < -0.3 is 10.1 Å². The van der Waals surface area contributed by atoms with Crippen LogP contribution >= 0.6 is 12.4 Å². The molecule has 0 aromatic rings. The molecule has 3 heteroatoms. The highest BCUT2D eigenvalue weighted by Crippen LogP contribution is 2.11. The Hall–Kier alpha value is 0.210. The van der Waals surface area contributed by atoms with Gasteiger partial charge in [-0.3, -0.25) is 0 Å². The van der Waals surface area contributed by atoms with Gasteiger partial charge in [-0.1, -0.05) is 13.8 Å². The highest BCUT2D eigenvalue weighted by molar-refractivity contribution is 5.85. The Balaban J connectivity index is 0.00000144. The normalized spacial score (nSPS) is 18.7. The summed E-state index contributed by atoms with van der Waals surface area (Å²) in [4.78, 5) is 0. The molecule has 0 spiro atoms. The molecule has 1 N–H and O–H groups in total. The van der Waals surface area contributed by atoms with Crippen LogP contribution in [0.1, 0.15) is 26.7 Å². The zero-order valence-electron chi connectivity index (χ0n) is 8.71. The molecule has 0 atom stereocenters. The molecule has 0 saturated carbocycles. The van der Waals surface area contributed by atoms with Crippen LogP contribution in [0.5, 0.6) is 0 Å². The van der Waals surface area contributed by atoms with Gasteiger partial charge in [0.15, 0.2) is 0 Å². The Labute approximate surface area is 87.8 Å². The van der Waals surface area contributed by atoms with Crippen LogP contribution in [0.25, 0.3) is 0 Å². The van der Waals surface area contributed by atoms with E-state index < -0.39 is 0 Å². The summed E-state index contributed by atoms with van der Waals surface area (Å²) in [5, 5.41) is 3.36. The van der Waals surface area contributed by atoms with Crippen molar-refractivity contribution in [3.63, 3.8) is 0 Å². The van der Waals surface area contributed by atoms with Crippen molar-refractivity contribution in [1.29, 1.82) is 0 Å². The molecule has 1 saturated heterocycles. The number of hydrogen-bond donors (Lipinski definition) is 1. The van der Waals surface area contributed by atoms with E-state index in [2.05, 4.69) is 19.2 Å². The minimum absolute atomic E-state index is 0. The molecule has 1 fully saturated rings. The lowest BCUT2D eigenvalue weighted by atomic mass is 9.99. The average Bonchev–Trinajstić information content (AvgIpc) is 2.05. The second-order valence-electron chi connectivity index (χ2n) is 4.12. The third-order valence-electron chi connectivity index (χ3n) is 2.26. The molecular formula is C10H22ClNO. The SMILES string of the molecule is CC(C)COCC1CCNCC1.Cl. The third kappa shape index (κ3) is 6.30. The van der Waals surface area contributed by atoms with E-state index in [9.17, 15) is 0 Å². The lowest BCUT2D eigenvalue weighted by molar-refractivity contribution is 0.0700. The van der Waals surface area contributed by atoms with Crippen molar-refractivity contribution in [3.8, 4) is 0 Å². The van der Waals surface area contributed by atoms with Crippen LogP contribution in [0.3, 0.4) is 0 Å². The summed E-state index contributed by atoms with van der Waals surface area (Å²) >= 11 is 0. The van der Waals surface area contributed by atoms with Crippen molar-refractivity contribution in [1.82, 2.24) is 5.32 Å². The monoisotopic (exact) mass is 207 g/mol. The van der Waals surface area contributed by atoms with Gasteiger partial charge in [0.2, 0.25) is 0 Å². The van der Waals surface area contributed by atoms with E-state index in [-0.39, 0.29) is 12.4 Å². The summed E-state index contributed by atoms with van der Waals surface area (Å²) in [5.41, 5.74) is 0. The lowest BCUT2D eigenvalue weighted by Crippen LogP contribution is -2.30. The minimum Gasteiger partial charge on any atom is -0.381 e. The summed E-state index contributed by atoms with van der Waals surface area (Å²) in [7, 11) is 0. The standard InChI is InChI=1S/C10H21NO.ClH/c1-9(2)7-12-8-10-3-5-11-6-4-10;/h9-11H,3-8H2,1-2H3;1H. The van der Waals surface area contributed by atoms with Crippen LogP contribution in [0.2, 0.25) is 0 Å². The lowest BCUT2D eigenvalue weighted by Gasteiger charge is -2.22. The van der Waals surface area contributed by atoms with Gasteiger partial charge in [0.1, 0.15) is 0 Å². The van der Waals surface area contributed by atoms with Gasteiger partial charge in [-0.15, -0.1) is 12.4 Å². The fourth-order valence-electron chi connectivity index (χ4n) is 1.52. The first-order chi connectivity index (χ1) is 5.79. The first-order valence-corrected chi connectivity index (χ1v) is 5.07. The van der Waals surface area contributed by atoms with Crippen molar-refractivity contribution in [3.05, 3.63) is 0 Å². The fourth-order valence-corrected chi connectivity index (χ4v) is 1.52. The minimum atomic E-state index is 0. The maximum Gasteiger partial charge on any atom is 0.0495 e. The molecule has 1 aliphatic rings.